The van der Waals surface area contributed by atoms with Crippen LogP contribution in [0.15, 0.2) is 24.3 Å². The Balaban J connectivity index is 2.12. The van der Waals surface area contributed by atoms with Crippen molar-refractivity contribution in [2.24, 2.45) is 11.8 Å². The lowest BCUT2D eigenvalue weighted by Crippen LogP contribution is -2.59. The Labute approximate surface area is 134 Å². The van der Waals surface area contributed by atoms with Gasteiger partial charge in [-0.05, 0) is 23.5 Å². The van der Waals surface area contributed by atoms with E-state index in [2.05, 4.69) is 50.0 Å². The van der Waals surface area contributed by atoms with Gasteiger partial charge in [0.15, 0.2) is 0 Å². The monoisotopic (exact) mass is 308 g/mol. The van der Waals surface area contributed by atoms with Crippen LogP contribution in [-0.4, -0.2) is 30.1 Å². The van der Waals surface area contributed by atoms with E-state index in [0.29, 0.717) is 23.9 Å². The van der Waals surface area contributed by atoms with Gasteiger partial charge in [0.2, 0.25) is 0 Å². The van der Waals surface area contributed by atoms with Crippen LogP contribution >= 0.6 is 11.6 Å². The first-order valence-electron chi connectivity index (χ1n) is 8.23. The number of nitrogens with zero attached hydrogens (tertiary/aromatic N) is 1. The Morgan fingerprint density at radius 3 is 2.62 bits per heavy atom. The molecule has 1 N–H and O–H groups in total. The fourth-order valence-electron chi connectivity index (χ4n) is 3.20. The van der Waals surface area contributed by atoms with E-state index in [9.17, 15) is 0 Å². The van der Waals surface area contributed by atoms with Gasteiger partial charge in [-0.25, -0.2) is 0 Å². The summed E-state index contributed by atoms with van der Waals surface area (Å²) in [6.07, 6.45) is 1.23. The summed E-state index contributed by atoms with van der Waals surface area (Å²) in [6.45, 7) is 12.4. The number of halogens is 1. The maximum atomic E-state index is 6.35. The summed E-state index contributed by atoms with van der Waals surface area (Å²) >= 11 is 6.35. The Kier molecular flexibility index (Phi) is 6.09. The predicted molar refractivity (Wildman–Crippen MR) is 91.7 cm³/mol. The van der Waals surface area contributed by atoms with Crippen LogP contribution in [0.5, 0.6) is 0 Å². The average molecular weight is 309 g/mol. The zero-order chi connectivity index (χ0) is 15.4. The summed E-state index contributed by atoms with van der Waals surface area (Å²) < 4.78 is 0. The zero-order valence-corrected chi connectivity index (χ0v) is 14.5. The minimum atomic E-state index is 0.585. The fraction of sp³-hybridized carbons (Fsp3) is 0.667. The molecule has 1 aliphatic rings. The lowest BCUT2D eigenvalue weighted by atomic mass is 9.91. The minimum Gasteiger partial charge on any atom is -0.311 e. The molecule has 0 aliphatic carbocycles. The summed E-state index contributed by atoms with van der Waals surface area (Å²) in [5.74, 6) is 1.37. The molecule has 0 saturated carbocycles. The van der Waals surface area contributed by atoms with E-state index in [1.54, 1.807) is 0 Å². The van der Waals surface area contributed by atoms with Crippen molar-refractivity contribution in [2.75, 3.05) is 13.1 Å². The van der Waals surface area contributed by atoms with Crippen molar-refractivity contribution in [2.45, 2.75) is 52.7 Å². The highest BCUT2D eigenvalue weighted by molar-refractivity contribution is 6.31. The first-order valence-corrected chi connectivity index (χ1v) is 8.61. The van der Waals surface area contributed by atoms with Gasteiger partial charge >= 0.3 is 0 Å². The van der Waals surface area contributed by atoms with Gasteiger partial charge in [0, 0.05) is 36.7 Å². The average Bonchev–Trinajstić information content (AvgIpc) is 2.48. The summed E-state index contributed by atoms with van der Waals surface area (Å²) in [5.41, 5.74) is 1.25. The molecule has 3 atom stereocenters. The second kappa shape index (κ2) is 7.62. The van der Waals surface area contributed by atoms with Crippen LogP contribution in [0.25, 0.3) is 0 Å². The number of hydrogen-bond acceptors (Lipinski definition) is 2. The maximum Gasteiger partial charge on any atom is 0.0451 e. The second-order valence-corrected chi connectivity index (χ2v) is 7.14. The van der Waals surface area contributed by atoms with E-state index in [4.69, 9.17) is 11.6 Å². The smallest absolute Gasteiger partial charge is 0.0451 e. The molecule has 0 spiro atoms. The number of nitrogens with one attached hydrogen (secondary N) is 1. The van der Waals surface area contributed by atoms with Crippen LogP contribution in [0, 0.1) is 11.8 Å². The van der Waals surface area contributed by atoms with Crippen molar-refractivity contribution < 1.29 is 0 Å². The molecule has 1 heterocycles. The molecule has 2 nitrogen and oxygen atoms in total. The van der Waals surface area contributed by atoms with E-state index in [-0.39, 0.29) is 0 Å². The van der Waals surface area contributed by atoms with Gasteiger partial charge in [0.25, 0.3) is 0 Å². The molecule has 3 unspecified atom stereocenters. The summed E-state index contributed by atoms with van der Waals surface area (Å²) in [7, 11) is 0. The highest BCUT2D eigenvalue weighted by Crippen LogP contribution is 2.24. The lowest BCUT2D eigenvalue weighted by molar-refractivity contribution is 0.0753. The third kappa shape index (κ3) is 4.21. The highest BCUT2D eigenvalue weighted by Gasteiger charge is 2.31. The Hall–Kier alpha value is -0.570. The topological polar surface area (TPSA) is 15.3 Å². The van der Waals surface area contributed by atoms with E-state index in [1.807, 2.05) is 12.1 Å². The van der Waals surface area contributed by atoms with Crippen LogP contribution in [0.1, 0.15) is 39.7 Å². The Bertz CT molecular complexity index is 447. The van der Waals surface area contributed by atoms with Crippen LogP contribution in [0.3, 0.4) is 0 Å². The summed E-state index contributed by atoms with van der Waals surface area (Å²) in [5, 5.41) is 4.64. The van der Waals surface area contributed by atoms with Crippen molar-refractivity contribution in [3.05, 3.63) is 34.9 Å². The zero-order valence-electron chi connectivity index (χ0n) is 13.8. The van der Waals surface area contributed by atoms with Gasteiger partial charge in [-0.15, -0.1) is 0 Å². The van der Waals surface area contributed by atoms with Gasteiger partial charge in [-0.2, -0.15) is 0 Å². The molecule has 0 amide bonds. The molecule has 1 fully saturated rings. The largest absolute Gasteiger partial charge is 0.311 e. The van der Waals surface area contributed by atoms with Crippen molar-refractivity contribution in [3.63, 3.8) is 0 Å². The molecule has 1 saturated heterocycles. The molecule has 0 radical (unpaired) electrons. The standard InChI is InChI=1S/C18H29ClN2/c1-5-14(4)17-12-21(18(10-20-17)13(2)3)11-15-8-6-7-9-16(15)19/h6-9,13-14,17-18,20H,5,10-12H2,1-4H3. The molecule has 2 rings (SSSR count). The van der Waals surface area contributed by atoms with E-state index < -0.39 is 0 Å². The van der Waals surface area contributed by atoms with E-state index in [1.165, 1.54) is 12.0 Å². The summed E-state index contributed by atoms with van der Waals surface area (Å²) in [6, 6.07) is 9.41. The molecule has 1 aromatic rings. The van der Waals surface area contributed by atoms with Gasteiger partial charge in [-0.3, -0.25) is 4.90 Å². The molecule has 3 heteroatoms. The van der Waals surface area contributed by atoms with E-state index >= 15 is 0 Å². The number of hydrogen-bond donors (Lipinski definition) is 1. The van der Waals surface area contributed by atoms with Crippen LogP contribution in [0.4, 0.5) is 0 Å². The number of piperazine rings is 1. The molecule has 0 aromatic heterocycles. The first kappa shape index (κ1) is 16.8. The van der Waals surface area contributed by atoms with Gasteiger partial charge < -0.3 is 5.32 Å². The van der Waals surface area contributed by atoms with Crippen molar-refractivity contribution in [1.82, 2.24) is 10.2 Å². The SMILES string of the molecule is CCC(C)C1CN(Cc2ccccc2Cl)C(C(C)C)CN1. The van der Waals surface area contributed by atoms with Crippen molar-refractivity contribution in [1.29, 1.82) is 0 Å². The molecular formula is C18H29ClN2. The number of rotatable bonds is 5. The van der Waals surface area contributed by atoms with E-state index in [0.717, 1.165) is 24.7 Å². The molecular weight excluding hydrogens is 280 g/mol. The van der Waals surface area contributed by atoms with Gasteiger partial charge in [0.05, 0.1) is 0 Å². The van der Waals surface area contributed by atoms with Gasteiger partial charge in [-0.1, -0.05) is 63.9 Å². The summed E-state index contributed by atoms with van der Waals surface area (Å²) in [4.78, 5) is 2.62. The maximum absolute atomic E-state index is 6.35. The molecule has 0 bridgehead atoms. The molecule has 118 valence electrons. The molecule has 1 aliphatic heterocycles. The van der Waals surface area contributed by atoms with Crippen LogP contribution < -0.4 is 5.32 Å². The molecule has 21 heavy (non-hydrogen) atoms. The Morgan fingerprint density at radius 2 is 2.00 bits per heavy atom. The fourth-order valence-corrected chi connectivity index (χ4v) is 3.40. The minimum absolute atomic E-state index is 0.585. The first-order chi connectivity index (χ1) is 10.0. The highest BCUT2D eigenvalue weighted by atomic mass is 35.5. The predicted octanol–water partition coefficient (Wildman–Crippen LogP) is 4.18. The third-order valence-corrected chi connectivity index (χ3v) is 5.29. The van der Waals surface area contributed by atoms with Crippen LogP contribution in [-0.2, 0) is 6.54 Å². The van der Waals surface area contributed by atoms with Crippen LogP contribution in [0.2, 0.25) is 5.02 Å². The Morgan fingerprint density at radius 1 is 1.29 bits per heavy atom. The molecule has 1 aromatic carbocycles. The van der Waals surface area contributed by atoms with Crippen molar-refractivity contribution >= 4 is 11.6 Å². The quantitative estimate of drug-likeness (QED) is 0.877. The normalized spacial score (nSPS) is 25.2. The number of benzene rings is 1. The van der Waals surface area contributed by atoms with Gasteiger partial charge in [0.1, 0.15) is 0 Å². The lowest BCUT2D eigenvalue weighted by Gasteiger charge is -2.44. The third-order valence-electron chi connectivity index (χ3n) is 4.92. The second-order valence-electron chi connectivity index (χ2n) is 6.73. The van der Waals surface area contributed by atoms with Crippen molar-refractivity contribution in [3.8, 4) is 0 Å².